The van der Waals surface area contributed by atoms with Gasteiger partial charge in [0.1, 0.15) is 30.5 Å². The molecular weight excluding hydrogens is 864 g/mol. The van der Waals surface area contributed by atoms with Crippen LogP contribution in [0.15, 0.2) is 128 Å². The number of rotatable bonds is 23. The van der Waals surface area contributed by atoms with Gasteiger partial charge in [-0.1, -0.05) is 55.1 Å². The van der Waals surface area contributed by atoms with Crippen molar-refractivity contribution in [1.29, 1.82) is 0 Å². The average Bonchev–Trinajstić information content (AvgIpc) is 3.99. The third kappa shape index (κ3) is 13.1. The number of carbonyl (C=O) groups is 6. The summed E-state index contributed by atoms with van der Waals surface area (Å²) in [6.07, 6.45) is 9.79. The number of unbranched alkanes of at least 4 members (excludes halogenated alkanes) is 1. The Labute approximate surface area is 386 Å². The summed E-state index contributed by atoms with van der Waals surface area (Å²) in [5, 5.41) is 1.03. The van der Waals surface area contributed by atoms with E-state index >= 15 is 0 Å². The summed E-state index contributed by atoms with van der Waals surface area (Å²) in [5.74, 6) is -2.38. The van der Waals surface area contributed by atoms with Crippen LogP contribution in [-0.2, 0) is 41.4 Å². The van der Waals surface area contributed by atoms with E-state index in [-0.39, 0.29) is 67.4 Å². The number of halogens is 1. The van der Waals surface area contributed by atoms with Gasteiger partial charge in [0.25, 0.3) is 0 Å². The molecule has 5 aromatic carbocycles. The molecule has 3 atom stereocenters. The van der Waals surface area contributed by atoms with E-state index in [1.54, 1.807) is 66.7 Å². The summed E-state index contributed by atoms with van der Waals surface area (Å²) >= 11 is 0. The summed E-state index contributed by atoms with van der Waals surface area (Å²) < 4.78 is 50.2. The molecule has 0 N–H and O–H groups in total. The Bertz CT molecular complexity index is 2620. The minimum atomic E-state index is -1.19. The fraction of sp³-hybridized carbons (Fsp3) is 0.283. The standard InChI is InChI=1S/C53H49FO13/c1-34(54)49(56)65-29-27-61-26-28-62-43-19-13-39(14-20-43)52(59)67-48-22-16-41-32-42(15-21-45(41)47(48)33-55)50(57)64-25-23-36-8-17-44(18-9-36)66-51(58)38-10-5-35(6-11-38)4-2-3-24-63-53(60)46-31-37-7-12-40(46)30-37/h5-22,32-33,37,40,46H,1-4,23-31H2. The zero-order valence-corrected chi connectivity index (χ0v) is 36.7. The molecule has 2 aliphatic rings. The minimum absolute atomic E-state index is 0.0165. The second kappa shape index (κ2) is 23.1. The highest BCUT2D eigenvalue weighted by Gasteiger charge is 2.40. The molecule has 0 amide bonds. The molecule has 67 heavy (non-hydrogen) atoms. The maximum atomic E-state index is 13.0. The smallest absolute Gasteiger partial charge is 0.366 e. The van der Waals surface area contributed by atoms with Gasteiger partial charge in [-0.05, 0) is 133 Å². The molecule has 0 aromatic heterocycles. The van der Waals surface area contributed by atoms with Crippen molar-refractivity contribution in [2.24, 2.45) is 17.8 Å². The summed E-state index contributed by atoms with van der Waals surface area (Å²) in [6.45, 7) is 3.59. The molecule has 7 rings (SSSR count). The quantitative estimate of drug-likeness (QED) is 0.0116. The largest absolute Gasteiger partial charge is 0.491 e. The van der Waals surface area contributed by atoms with Crippen molar-refractivity contribution in [3.63, 3.8) is 0 Å². The zero-order valence-electron chi connectivity index (χ0n) is 36.7. The molecule has 1 fully saturated rings. The molecule has 0 heterocycles. The van der Waals surface area contributed by atoms with Crippen molar-refractivity contribution in [2.75, 3.05) is 39.6 Å². The number of benzene rings is 5. The van der Waals surface area contributed by atoms with Gasteiger partial charge < -0.3 is 33.2 Å². The van der Waals surface area contributed by atoms with Gasteiger partial charge in [0.15, 0.2) is 6.29 Å². The molecule has 0 aliphatic heterocycles. The number of aryl methyl sites for hydroxylation is 1. The van der Waals surface area contributed by atoms with E-state index in [2.05, 4.69) is 23.5 Å². The van der Waals surface area contributed by atoms with Crippen LogP contribution in [-0.4, -0.2) is 75.8 Å². The lowest BCUT2D eigenvalue weighted by molar-refractivity contribution is -0.149. The van der Waals surface area contributed by atoms with Crippen molar-refractivity contribution in [3.05, 3.63) is 161 Å². The number of carbonyl (C=O) groups excluding carboxylic acids is 6. The van der Waals surface area contributed by atoms with Gasteiger partial charge in [-0.25, -0.2) is 19.2 Å². The number of allylic oxidation sites excluding steroid dienone is 2. The van der Waals surface area contributed by atoms with Crippen molar-refractivity contribution >= 4 is 46.9 Å². The normalized spacial score (nSPS) is 15.7. The number of hydrogen-bond donors (Lipinski definition) is 0. The molecule has 14 heteroatoms. The van der Waals surface area contributed by atoms with Crippen molar-refractivity contribution in [3.8, 4) is 17.2 Å². The van der Waals surface area contributed by atoms with Crippen LogP contribution < -0.4 is 14.2 Å². The number of aldehydes is 1. The molecule has 2 bridgehead atoms. The molecule has 0 saturated heterocycles. The molecule has 5 aromatic rings. The van der Waals surface area contributed by atoms with E-state index in [0.29, 0.717) is 59.0 Å². The number of ether oxygens (including phenoxy) is 7. The van der Waals surface area contributed by atoms with Gasteiger partial charge in [0, 0.05) is 6.42 Å². The molecule has 0 spiro atoms. The van der Waals surface area contributed by atoms with E-state index in [0.717, 1.165) is 43.2 Å². The van der Waals surface area contributed by atoms with Gasteiger partial charge >= 0.3 is 29.8 Å². The number of hydrogen-bond acceptors (Lipinski definition) is 13. The van der Waals surface area contributed by atoms with E-state index in [9.17, 15) is 33.2 Å². The average molecular weight is 913 g/mol. The highest BCUT2D eigenvalue weighted by atomic mass is 19.1. The molecule has 3 unspecified atom stereocenters. The predicted molar refractivity (Wildman–Crippen MR) is 243 cm³/mol. The van der Waals surface area contributed by atoms with E-state index in [1.165, 1.54) is 24.3 Å². The Kier molecular flexibility index (Phi) is 16.4. The highest BCUT2D eigenvalue weighted by Crippen LogP contribution is 2.44. The van der Waals surface area contributed by atoms with Gasteiger partial charge in [-0.3, -0.25) is 9.59 Å². The fourth-order valence-corrected chi connectivity index (χ4v) is 7.91. The van der Waals surface area contributed by atoms with Crippen LogP contribution in [0.1, 0.15) is 78.2 Å². The maximum absolute atomic E-state index is 13.0. The lowest BCUT2D eigenvalue weighted by Crippen LogP contribution is -2.22. The summed E-state index contributed by atoms with van der Waals surface area (Å²) in [7, 11) is 0. The first kappa shape index (κ1) is 47.5. The third-order valence-corrected chi connectivity index (χ3v) is 11.5. The lowest BCUT2D eigenvalue weighted by atomic mass is 9.94. The first-order chi connectivity index (χ1) is 32.5. The van der Waals surface area contributed by atoms with Gasteiger partial charge in [-0.2, -0.15) is 4.39 Å². The number of fused-ring (bicyclic) bond motifs is 3. The zero-order chi connectivity index (χ0) is 47.1. The maximum Gasteiger partial charge on any atom is 0.366 e. The van der Waals surface area contributed by atoms with Crippen LogP contribution >= 0.6 is 0 Å². The van der Waals surface area contributed by atoms with Gasteiger partial charge in [0.05, 0.1) is 54.6 Å². The second-order valence-electron chi connectivity index (χ2n) is 16.1. The second-order valence-corrected chi connectivity index (χ2v) is 16.1. The van der Waals surface area contributed by atoms with E-state index in [4.69, 9.17) is 28.4 Å². The predicted octanol–water partition coefficient (Wildman–Crippen LogP) is 8.99. The summed E-state index contributed by atoms with van der Waals surface area (Å²) in [5.41, 5.74) is 2.97. The van der Waals surface area contributed by atoms with Crippen molar-refractivity contribution < 1.29 is 66.3 Å². The van der Waals surface area contributed by atoms with Crippen LogP contribution in [0.5, 0.6) is 17.2 Å². The van der Waals surface area contributed by atoms with Crippen LogP contribution in [0.25, 0.3) is 10.8 Å². The summed E-state index contributed by atoms with van der Waals surface area (Å²) in [6, 6.07) is 28.2. The molecule has 13 nitrogen and oxygen atoms in total. The van der Waals surface area contributed by atoms with Crippen LogP contribution in [0.4, 0.5) is 4.39 Å². The monoisotopic (exact) mass is 912 g/mol. The van der Waals surface area contributed by atoms with Crippen molar-refractivity contribution in [2.45, 2.75) is 38.5 Å². The molecular formula is C53H49FO13. The Hall–Kier alpha value is -7.45. The van der Waals surface area contributed by atoms with Gasteiger partial charge in [0.2, 0.25) is 5.83 Å². The highest BCUT2D eigenvalue weighted by molar-refractivity contribution is 6.04. The summed E-state index contributed by atoms with van der Waals surface area (Å²) in [4.78, 5) is 74.4. The SMILES string of the molecule is C=C(F)C(=O)OCCOCCOc1ccc(C(=O)Oc2ccc3cc(C(=O)OCCc4ccc(OC(=O)c5ccc(CCCCOC(=O)C6CC7C=CC6C7)cc5)cc4)ccc3c2C=O)cc1. The number of esters is 5. The minimum Gasteiger partial charge on any atom is -0.491 e. The molecule has 2 aliphatic carbocycles. The van der Waals surface area contributed by atoms with Crippen LogP contribution in [0.3, 0.4) is 0 Å². The van der Waals surface area contributed by atoms with Crippen LogP contribution in [0, 0.1) is 17.8 Å². The Morgan fingerprint density at radius 3 is 1.99 bits per heavy atom. The lowest BCUT2D eigenvalue weighted by Gasteiger charge is -2.16. The Morgan fingerprint density at radius 2 is 1.28 bits per heavy atom. The molecule has 0 radical (unpaired) electrons. The Balaban J connectivity index is 0.802. The van der Waals surface area contributed by atoms with Gasteiger partial charge in [-0.15, -0.1) is 0 Å². The Morgan fingerprint density at radius 1 is 0.612 bits per heavy atom. The first-order valence-corrected chi connectivity index (χ1v) is 22.0. The third-order valence-electron chi connectivity index (χ3n) is 11.5. The fourth-order valence-electron chi connectivity index (χ4n) is 7.91. The topological polar surface area (TPSA) is 167 Å². The molecule has 1 saturated carbocycles. The van der Waals surface area contributed by atoms with Crippen molar-refractivity contribution in [1.82, 2.24) is 0 Å². The van der Waals surface area contributed by atoms with E-state index in [1.807, 2.05) is 12.1 Å². The first-order valence-electron chi connectivity index (χ1n) is 22.0. The van der Waals surface area contributed by atoms with E-state index < -0.39 is 29.7 Å². The van der Waals surface area contributed by atoms with Crippen LogP contribution in [0.2, 0.25) is 0 Å². The molecule has 346 valence electrons.